The molecular formula is C16H27NOSi. The molecule has 1 fully saturated rings. The molecule has 1 aliphatic rings. The number of likely N-dealkylation sites (N-methyl/N-ethyl adjacent to an activating group) is 1. The molecule has 1 heterocycles. The van der Waals surface area contributed by atoms with Crippen molar-refractivity contribution in [3.63, 3.8) is 0 Å². The summed E-state index contributed by atoms with van der Waals surface area (Å²) < 4.78 is 5.69. The van der Waals surface area contributed by atoms with Gasteiger partial charge in [0.2, 0.25) is 0 Å². The van der Waals surface area contributed by atoms with Crippen molar-refractivity contribution >= 4 is 13.3 Å². The molecule has 106 valence electrons. The monoisotopic (exact) mass is 277 g/mol. The summed E-state index contributed by atoms with van der Waals surface area (Å²) in [5.41, 5.74) is 1.41. The van der Waals surface area contributed by atoms with Crippen LogP contribution in [0.4, 0.5) is 0 Å². The Morgan fingerprint density at radius 1 is 1.21 bits per heavy atom. The minimum absolute atomic E-state index is 0.450. The fourth-order valence-corrected chi connectivity index (χ4v) is 3.79. The van der Waals surface area contributed by atoms with Gasteiger partial charge in [0.25, 0.3) is 0 Å². The smallest absolute Gasteiger partial charge is 0.0775 e. The van der Waals surface area contributed by atoms with Gasteiger partial charge in [0.15, 0.2) is 0 Å². The van der Waals surface area contributed by atoms with Crippen LogP contribution in [0, 0.1) is 0 Å². The van der Waals surface area contributed by atoms with E-state index in [2.05, 4.69) is 55.9 Å². The van der Waals surface area contributed by atoms with Gasteiger partial charge in [-0.2, -0.15) is 0 Å². The summed E-state index contributed by atoms with van der Waals surface area (Å²) in [7, 11) is 1.03. The second-order valence-corrected chi connectivity index (χ2v) is 11.9. The lowest BCUT2D eigenvalue weighted by atomic mass is 10.2. The first-order valence-corrected chi connectivity index (χ1v) is 10.8. The van der Waals surface area contributed by atoms with E-state index in [1.807, 2.05) is 0 Å². The van der Waals surface area contributed by atoms with Crippen molar-refractivity contribution in [1.29, 1.82) is 0 Å². The quantitative estimate of drug-likeness (QED) is 0.767. The van der Waals surface area contributed by atoms with E-state index in [1.54, 1.807) is 0 Å². The highest BCUT2D eigenvalue weighted by molar-refractivity contribution is 6.88. The average Bonchev–Trinajstić information content (AvgIpc) is 2.81. The second kappa shape index (κ2) is 6.20. The third-order valence-corrected chi connectivity index (χ3v) is 5.88. The molecule has 0 aliphatic carbocycles. The van der Waals surface area contributed by atoms with Gasteiger partial charge in [-0.25, -0.2) is 0 Å². The Balaban J connectivity index is 1.88. The second-order valence-electron chi connectivity index (χ2n) is 6.78. The Morgan fingerprint density at radius 3 is 2.42 bits per heavy atom. The van der Waals surface area contributed by atoms with Gasteiger partial charge in [0.05, 0.1) is 14.2 Å². The molecule has 1 aromatic rings. The Hall–Kier alpha value is -0.643. The molecule has 2 rings (SSSR count). The SMILES string of the molecule is CN(Cc1ccc([Si](C)(C)C)cc1)CC1CCCO1. The van der Waals surface area contributed by atoms with E-state index < -0.39 is 8.07 Å². The average molecular weight is 277 g/mol. The van der Waals surface area contributed by atoms with Crippen LogP contribution in [0.15, 0.2) is 24.3 Å². The number of nitrogens with zero attached hydrogens (tertiary/aromatic N) is 1. The predicted octanol–water partition coefficient (Wildman–Crippen LogP) is 2.84. The van der Waals surface area contributed by atoms with E-state index in [0.717, 1.165) is 19.7 Å². The molecule has 1 aliphatic heterocycles. The number of ether oxygens (including phenoxy) is 1. The lowest BCUT2D eigenvalue weighted by Gasteiger charge is -2.21. The topological polar surface area (TPSA) is 12.5 Å². The van der Waals surface area contributed by atoms with Gasteiger partial charge in [-0.3, -0.25) is 4.90 Å². The van der Waals surface area contributed by atoms with Crippen molar-refractivity contribution in [3.8, 4) is 0 Å². The van der Waals surface area contributed by atoms with Gasteiger partial charge in [0.1, 0.15) is 0 Å². The molecule has 0 aromatic heterocycles. The molecule has 19 heavy (non-hydrogen) atoms. The van der Waals surface area contributed by atoms with Crippen LogP contribution in [0.25, 0.3) is 0 Å². The maximum Gasteiger partial charge on any atom is 0.0775 e. The van der Waals surface area contributed by atoms with Crippen LogP contribution < -0.4 is 5.19 Å². The van der Waals surface area contributed by atoms with Gasteiger partial charge < -0.3 is 4.74 Å². The van der Waals surface area contributed by atoms with E-state index in [0.29, 0.717) is 6.10 Å². The van der Waals surface area contributed by atoms with Gasteiger partial charge in [-0.05, 0) is 25.5 Å². The van der Waals surface area contributed by atoms with E-state index in [1.165, 1.54) is 23.6 Å². The molecule has 2 nitrogen and oxygen atoms in total. The van der Waals surface area contributed by atoms with E-state index in [4.69, 9.17) is 4.74 Å². The van der Waals surface area contributed by atoms with Crippen molar-refractivity contribution in [2.45, 2.75) is 45.1 Å². The lowest BCUT2D eigenvalue weighted by molar-refractivity contribution is 0.0793. The van der Waals surface area contributed by atoms with E-state index in [-0.39, 0.29) is 0 Å². The molecule has 1 saturated heterocycles. The number of benzene rings is 1. The zero-order valence-corrected chi connectivity index (χ0v) is 13.8. The standard InChI is InChI=1S/C16H27NOSi/c1-17(13-15-6-5-11-18-15)12-14-7-9-16(10-8-14)19(2,3)4/h7-10,15H,5-6,11-13H2,1-4H3. The van der Waals surface area contributed by atoms with E-state index in [9.17, 15) is 0 Å². The number of rotatable bonds is 5. The van der Waals surface area contributed by atoms with Crippen molar-refractivity contribution in [1.82, 2.24) is 4.90 Å². The summed E-state index contributed by atoms with van der Waals surface area (Å²) in [5, 5.41) is 1.54. The van der Waals surface area contributed by atoms with Crippen LogP contribution >= 0.6 is 0 Å². The van der Waals surface area contributed by atoms with Crippen LogP contribution in [0.5, 0.6) is 0 Å². The molecule has 1 unspecified atom stereocenters. The summed E-state index contributed by atoms with van der Waals surface area (Å²) in [4.78, 5) is 2.37. The minimum atomic E-state index is -1.16. The van der Waals surface area contributed by atoms with Crippen molar-refractivity contribution < 1.29 is 4.74 Å². The largest absolute Gasteiger partial charge is 0.377 e. The normalized spacial score (nSPS) is 20.2. The van der Waals surface area contributed by atoms with Gasteiger partial charge >= 0.3 is 0 Å². The summed E-state index contributed by atoms with van der Waals surface area (Å²) in [6, 6.07) is 9.22. The zero-order valence-electron chi connectivity index (χ0n) is 12.8. The molecular weight excluding hydrogens is 250 g/mol. The van der Waals surface area contributed by atoms with Crippen LogP contribution in [0.1, 0.15) is 18.4 Å². The van der Waals surface area contributed by atoms with E-state index >= 15 is 0 Å². The zero-order chi connectivity index (χ0) is 13.9. The minimum Gasteiger partial charge on any atom is -0.377 e. The molecule has 1 atom stereocenters. The molecule has 0 radical (unpaired) electrons. The Labute approximate surface area is 118 Å². The molecule has 0 saturated carbocycles. The summed E-state index contributed by atoms with van der Waals surface area (Å²) >= 11 is 0. The van der Waals surface area contributed by atoms with Crippen molar-refractivity contribution in [2.24, 2.45) is 0 Å². The molecule has 3 heteroatoms. The summed E-state index contributed by atoms with van der Waals surface area (Å²) in [5.74, 6) is 0. The van der Waals surface area contributed by atoms with Gasteiger partial charge in [-0.15, -0.1) is 0 Å². The first kappa shape index (κ1) is 14.8. The predicted molar refractivity (Wildman–Crippen MR) is 84.7 cm³/mol. The molecule has 0 spiro atoms. The fourth-order valence-electron chi connectivity index (χ4n) is 2.62. The highest BCUT2D eigenvalue weighted by Gasteiger charge is 2.18. The van der Waals surface area contributed by atoms with Crippen LogP contribution in [-0.4, -0.2) is 39.3 Å². The Bertz CT molecular complexity index is 390. The summed E-state index contributed by atoms with van der Waals surface area (Å²) in [6.45, 7) is 10.2. The number of hydrogen-bond acceptors (Lipinski definition) is 2. The molecule has 0 bridgehead atoms. The van der Waals surface area contributed by atoms with Crippen molar-refractivity contribution in [3.05, 3.63) is 29.8 Å². The van der Waals surface area contributed by atoms with Gasteiger partial charge in [-0.1, -0.05) is 49.1 Å². The highest BCUT2D eigenvalue weighted by atomic mass is 28.3. The van der Waals surface area contributed by atoms with Crippen LogP contribution in [-0.2, 0) is 11.3 Å². The lowest BCUT2D eigenvalue weighted by Crippen LogP contribution is -2.37. The van der Waals surface area contributed by atoms with Gasteiger partial charge in [0, 0.05) is 19.7 Å². The summed E-state index contributed by atoms with van der Waals surface area (Å²) in [6.07, 6.45) is 2.90. The van der Waals surface area contributed by atoms with Crippen molar-refractivity contribution in [2.75, 3.05) is 20.2 Å². The van der Waals surface area contributed by atoms with Crippen LogP contribution in [0.3, 0.4) is 0 Å². The molecule has 0 N–H and O–H groups in total. The molecule has 1 aromatic carbocycles. The first-order chi connectivity index (χ1) is 8.95. The Kier molecular flexibility index (Phi) is 4.82. The third-order valence-electron chi connectivity index (χ3n) is 3.81. The first-order valence-electron chi connectivity index (χ1n) is 7.35. The maximum absolute atomic E-state index is 5.69. The fraction of sp³-hybridized carbons (Fsp3) is 0.625. The number of hydrogen-bond donors (Lipinski definition) is 0. The highest BCUT2D eigenvalue weighted by Crippen LogP contribution is 2.14. The van der Waals surface area contributed by atoms with Crippen LogP contribution in [0.2, 0.25) is 19.6 Å². The molecule has 0 amide bonds. The third kappa shape index (κ3) is 4.44. The Morgan fingerprint density at radius 2 is 1.89 bits per heavy atom. The maximum atomic E-state index is 5.69.